The van der Waals surface area contributed by atoms with Crippen LogP contribution in [0.3, 0.4) is 0 Å². The Bertz CT molecular complexity index is 956. The number of nitrogens with one attached hydrogen (secondary N) is 1. The van der Waals surface area contributed by atoms with Gasteiger partial charge in [-0.05, 0) is 37.1 Å². The second-order valence-electron chi connectivity index (χ2n) is 7.57. The topological polar surface area (TPSA) is 100 Å². The Morgan fingerprint density at radius 1 is 0.848 bits per heavy atom. The molecule has 0 aromatic heterocycles. The van der Waals surface area contributed by atoms with Gasteiger partial charge in [-0.3, -0.25) is 19.7 Å². The first-order valence-electron chi connectivity index (χ1n) is 10.8. The smallest absolute Gasteiger partial charge is 0.326 e. The average molecular weight is 456 g/mol. The van der Waals surface area contributed by atoms with Gasteiger partial charge in [0.2, 0.25) is 0 Å². The fraction of sp³-hybridized carbons (Fsp3) is 0.400. The third-order valence-electron chi connectivity index (χ3n) is 5.91. The molecule has 3 atom stereocenters. The predicted octanol–water partition coefficient (Wildman–Crippen LogP) is 2.78. The lowest BCUT2D eigenvalue weighted by molar-refractivity contribution is -0.174. The summed E-state index contributed by atoms with van der Waals surface area (Å²) >= 11 is 0. The Labute approximate surface area is 193 Å². The van der Waals surface area contributed by atoms with Crippen LogP contribution in [0.25, 0.3) is 0 Å². The highest BCUT2D eigenvalue weighted by molar-refractivity contribution is 6.04. The third kappa shape index (κ3) is 4.30. The number of ether oxygens (including phenoxy) is 4. The van der Waals surface area contributed by atoms with Crippen molar-refractivity contribution < 1.29 is 33.3 Å². The van der Waals surface area contributed by atoms with Crippen LogP contribution in [0, 0.1) is 5.41 Å². The van der Waals surface area contributed by atoms with Crippen molar-refractivity contribution in [2.45, 2.75) is 31.8 Å². The highest BCUT2D eigenvalue weighted by Crippen LogP contribution is 2.55. The quantitative estimate of drug-likeness (QED) is 0.369. The van der Waals surface area contributed by atoms with Crippen LogP contribution in [0.2, 0.25) is 0 Å². The van der Waals surface area contributed by atoms with Gasteiger partial charge >= 0.3 is 17.9 Å². The van der Waals surface area contributed by atoms with E-state index in [0.717, 1.165) is 0 Å². The standard InChI is InChI=1S/C25H29NO7/c1-5-32-23(28)25(24(29)33-6-2)19(16-12-14-18(30-3)15-13-16)20(22(27)31-4)26-21(25)17-10-8-7-9-11-17/h7-15,19-21,26H,5-6H2,1-4H3/t19-,20+,21+/m1/s1. The average Bonchev–Trinajstić information content (AvgIpc) is 3.21. The van der Waals surface area contributed by atoms with Crippen LogP contribution < -0.4 is 10.1 Å². The van der Waals surface area contributed by atoms with E-state index in [1.165, 1.54) is 14.2 Å². The van der Waals surface area contributed by atoms with Crippen molar-refractivity contribution in [3.63, 3.8) is 0 Å². The van der Waals surface area contributed by atoms with E-state index in [1.807, 2.05) is 6.07 Å². The normalized spacial score (nSPS) is 21.2. The highest BCUT2D eigenvalue weighted by atomic mass is 16.6. The summed E-state index contributed by atoms with van der Waals surface area (Å²) in [6, 6.07) is 14.0. The fourth-order valence-corrected chi connectivity index (χ4v) is 4.53. The molecule has 1 aliphatic heterocycles. The van der Waals surface area contributed by atoms with Gasteiger partial charge in [0.1, 0.15) is 11.8 Å². The zero-order chi connectivity index (χ0) is 24.0. The van der Waals surface area contributed by atoms with E-state index >= 15 is 0 Å². The summed E-state index contributed by atoms with van der Waals surface area (Å²) in [5.74, 6) is -2.50. The van der Waals surface area contributed by atoms with Crippen molar-refractivity contribution in [3.05, 3.63) is 65.7 Å². The lowest BCUT2D eigenvalue weighted by atomic mass is 9.66. The van der Waals surface area contributed by atoms with Crippen LogP contribution in [-0.4, -0.2) is 51.4 Å². The molecule has 0 saturated carbocycles. The maximum absolute atomic E-state index is 13.7. The van der Waals surface area contributed by atoms with Crippen LogP contribution in [0.4, 0.5) is 0 Å². The number of benzene rings is 2. The van der Waals surface area contributed by atoms with Crippen LogP contribution in [0.1, 0.15) is 36.9 Å². The first-order chi connectivity index (χ1) is 15.9. The highest BCUT2D eigenvalue weighted by Gasteiger charge is 2.69. The molecule has 1 saturated heterocycles. The van der Waals surface area contributed by atoms with Crippen LogP contribution in [0.5, 0.6) is 5.75 Å². The third-order valence-corrected chi connectivity index (χ3v) is 5.91. The van der Waals surface area contributed by atoms with Gasteiger partial charge in [-0.1, -0.05) is 42.5 Å². The Morgan fingerprint density at radius 3 is 1.91 bits per heavy atom. The number of methoxy groups -OCH3 is 2. The Morgan fingerprint density at radius 2 is 1.42 bits per heavy atom. The molecule has 8 heteroatoms. The first-order valence-corrected chi connectivity index (χ1v) is 10.8. The fourth-order valence-electron chi connectivity index (χ4n) is 4.53. The summed E-state index contributed by atoms with van der Waals surface area (Å²) < 4.78 is 21.2. The second kappa shape index (κ2) is 10.5. The van der Waals surface area contributed by atoms with Crippen molar-refractivity contribution >= 4 is 17.9 Å². The molecule has 1 fully saturated rings. The molecule has 2 aromatic rings. The zero-order valence-electron chi connectivity index (χ0n) is 19.2. The zero-order valence-corrected chi connectivity index (χ0v) is 19.2. The van der Waals surface area contributed by atoms with Gasteiger partial charge in [-0.25, -0.2) is 0 Å². The summed E-state index contributed by atoms with van der Waals surface area (Å²) in [6.45, 7) is 3.44. The van der Waals surface area contributed by atoms with E-state index < -0.39 is 41.3 Å². The number of hydrogen-bond donors (Lipinski definition) is 1. The Balaban J connectivity index is 2.33. The Kier molecular flexibility index (Phi) is 7.71. The van der Waals surface area contributed by atoms with Crippen molar-refractivity contribution in [2.24, 2.45) is 5.41 Å². The van der Waals surface area contributed by atoms with Crippen molar-refractivity contribution in [3.8, 4) is 5.75 Å². The molecule has 33 heavy (non-hydrogen) atoms. The molecule has 0 radical (unpaired) electrons. The molecular weight excluding hydrogens is 426 g/mol. The van der Waals surface area contributed by atoms with Gasteiger partial charge in [0.05, 0.1) is 33.5 Å². The van der Waals surface area contributed by atoms with Gasteiger partial charge < -0.3 is 18.9 Å². The van der Waals surface area contributed by atoms with E-state index in [1.54, 1.807) is 62.4 Å². The van der Waals surface area contributed by atoms with E-state index in [0.29, 0.717) is 16.9 Å². The maximum atomic E-state index is 13.7. The Hall–Kier alpha value is -3.39. The molecule has 0 amide bonds. The minimum absolute atomic E-state index is 0.0553. The van der Waals surface area contributed by atoms with Gasteiger partial charge in [0, 0.05) is 5.92 Å². The number of carbonyl (C=O) groups excluding carboxylic acids is 3. The molecule has 1 N–H and O–H groups in total. The minimum atomic E-state index is -1.87. The molecule has 2 aromatic carbocycles. The van der Waals surface area contributed by atoms with Crippen LogP contribution >= 0.6 is 0 Å². The monoisotopic (exact) mass is 455 g/mol. The summed E-state index contributed by atoms with van der Waals surface area (Å²) in [6.07, 6.45) is 0. The molecular formula is C25H29NO7. The molecule has 0 aliphatic carbocycles. The van der Waals surface area contributed by atoms with Gasteiger partial charge in [0.15, 0.2) is 5.41 Å². The summed E-state index contributed by atoms with van der Waals surface area (Å²) in [4.78, 5) is 40.3. The SMILES string of the molecule is CCOC(=O)C1(C(=O)OCC)[C@H](c2ccc(OC)cc2)[C@@H](C(=O)OC)N[C@H]1c1ccccc1. The number of rotatable bonds is 8. The number of carbonyl (C=O) groups is 3. The molecule has 0 unspecified atom stereocenters. The molecule has 8 nitrogen and oxygen atoms in total. The predicted molar refractivity (Wildman–Crippen MR) is 120 cm³/mol. The van der Waals surface area contributed by atoms with Crippen molar-refractivity contribution in [2.75, 3.05) is 27.4 Å². The molecule has 0 bridgehead atoms. The van der Waals surface area contributed by atoms with Crippen LogP contribution in [-0.2, 0) is 28.6 Å². The molecule has 1 aliphatic rings. The molecule has 1 heterocycles. The van der Waals surface area contributed by atoms with E-state index in [4.69, 9.17) is 18.9 Å². The minimum Gasteiger partial charge on any atom is -0.497 e. The lowest BCUT2D eigenvalue weighted by Gasteiger charge is -2.35. The van der Waals surface area contributed by atoms with Crippen molar-refractivity contribution in [1.82, 2.24) is 5.32 Å². The van der Waals surface area contributed by atoms with Crippen LogP contribution in [0.15, 0.2) is 54.6 Å². The first kappa shape index (κ1) is 24.3. The lowest BCUT2D eigenvalue weighted by Crippen LogP contribution is -2.49. The summed E-state index contributed by atoms with van der Waals surface area (Å²) in [5, 5.41) is 3.20. The largest absolute Gasteiger partial charge is 0.497 e. The maximum Gasteiger partial charge on any atom is 0.326 e. The van der Waals surface area contributed by atoms with E-state index in [9.17, 15) is 14.4 Å². The van der Waals surface area contributed by atoms with Gasteiger partial charge in [-0.15, -0.1) is 0 Å². The summed E-state index contributed by atoms with van der Waals surface area (Å²) in [5.41, 5.74) is -0.664. The second-order valence-corrected chi connectivity index (χ2v) is 7.57. The number of hydrogen-bond acceptors (Lipinski definition) is 8. The molecule has 0 spiro atoms. The molecule has 176 valence electrons. The van der Waals surface area contributed by atoms with Gasteiger partial charge in [-0.2, -0.15) is 0 Å². The van der Waals surface area contributed by atoms with Gasteiger partial charge in [0.25, 0.3) is 0 Å². The summed E-state index contributed by atoms with van der Waals surface area (Å²) in [7, 11) is 2.80. The number of esters is 3. The van der Waals surface area contributed by atoms with E-state index in [-0.39, 0.29) is 13.2 Å². The van der Waals surface area contributed by atoms with E-state index in [2.05, 4.69) is 5.32 Å². The molecule has 3 rings (SSSR count). The van der Waals surface area contributed by atoms with Crippen molar-refractivity contribution in [1.29, 1.82) is 0 Å².